The van der Waals surface area contributed by atoms with Crippen molar-refractivity contribution in [2.45, 2.75) is 52.0 Å². The summed E-state index contributed by atoms with van der Waals surface area (Å²) >= 11 is 0. The quantitative estimate of drug-likeness (QED) is 0.878. The summed E-state index contributed by atoms with van der Waals surface area (Å²) in [6, 6.07) is 8.73. The summed E-state index contributed by atoms with van der Waals surface area (Å²) in [5.41, 5.74) is 2.85. The van der Waals surface area contributed by atoms with Gasteiger partial charge in [-0.25, -0.2) is 0 Å². The average Bonchev–Trinajstić information content (AvgIpc) is 3.21. The topological polar surface area (TPSA) is 41.1 Å². The Labute approximate surface area is 146 Å². The van der Waals surface area contributed by atoms with E-state index in [1.807, 2.05) is 0 Å². The lowest BCUT2D eigenvalue weighted by molar-refractivity contribution is -0.123. The standard InChI is InChI=1S/C19H28N2O.ClH/c1-13(2)15-4-6-16(7-5-15)14(3)21-18(22)17-12-19(17)8-10-20-11-9-19;/h4-7,13-14,17,20H,8-12H2,1-3H3,(H,21,22);1H. The van der Waals surface area contributed by atoms with Crippen LogP contribution in [-0.2, 0) is 4.79 Å². The van der Waals surface area contributed by atoms with E-state index >= 15 is 0 Å². The van der Waals surface area contributed by atoms with Gasteiger partial charge in [0, 0.05) is 5.92 Å². The first-order chi connectivity index (χ1) is 10.5. The minimum Gasteiger partial charge on any atom is -0.349 e. The monoisotopic (exact) mass is 336 g/mol. The van der Waals surface area contributed by atoms with Gasteiger partial charge in [-0.05, 0) is 61.7 Å². The van der Waals surface area contributed by atoms with Crippen molar-refractivity contribution in [2.75, 3.05) is 13.1 Å². The largest absolute Gasteiger partial charge is 0.349 e. The van der Waals surface area contributed by atoms with E-state index in [1.54, 1.807) is 0 Å². The second-order valence-electron chi connectivity index (χ2n) is 7.42. The minimum atomic E-state index is 0. The van der Waals surface area contributed by atoms with Crippen LogP contribution in [0, 0.1) is 11.3 Å². The Bertz CT molecular complexity index is 535. The molecule has 2 unspecified atom stereocenters. The average molecular weight is 337 g/mol. The Hall–Kier alpha value is -1.06. The number of amides is 1. The van der Waals surface area contributed by atoms with Crippen LogP contribution in [0.2, 0.25) is 0 Å². The van der Waals surface area contributed by atoms with Crippen molar-refractivity contribution >= 4 is 18.3 Å². The van der Waals surface area contributed by atoms with Gasteiger partial charge in [0.05, 0.1) is 6.04 Å². The summed E-state index contributed by atoms with van der Waals surface area (Å²) in [4.78, 5) is 12.5. The van der Waals surface area contributed by atoms with Crippen molar-refractivity contribution in [1.82, 2.24) is 10.6 Å². The van der Waals surface area contributed by atoms with Crippen LogP contribution in [0.25, 0.3) is 0 Å². The Morgan fingerprint density at radius 2 is 1.70 bits per heavy atom. The highest BCUT2D eigenvalue weighted by Gasteiger charge is 2.57. The molecule has 1 saturated heterocycles. The SMILES string of the molecule is CC(C)c1ccc(C(C)NC(=O)C2CC23CCNCC3)cc1.Cl. The summed E-state index contributed by atoms with van der Waals surface area (Å²) in [6.45, 7) is 8.61. The molecule has 0 bridgehead atoms. The van der Waals surface area contributed by atoms with Gasteiger partial charge in [-0.3, -0.25) is 4.79 Å². The molecule has 128 valence electrons. The third-order valence-electron chi connectivity index (χ3n) is 5.57. The second kappa shape index (κ2) is 7.23. The molecule has 2 atom stereocenters. The molecule has 0 aromatic heterocycles. The molecule has 3 rings (SSSR count). The minimum absolute atomic E-state index is 0. The van der Waals surface area contributed by atoms with Gasteiger partial charge in [0.2, 0.25) is 5.91 Å². The Kier molecular flexibility index (Phi) is 5.74. The zero-order valence-corrected chi connectivity index (χ0v) is 15.2. The third kappa shape index (κ3) is 3.89. The van der Waals surface area contributed by atoms with Crippen LogP contribution in [0.1, 0.15) is 63.1 Å². The zero-order chi connectivity index (χ0) is 15.7. The van der Waals surface area contributed by atoms with Gasteiger partial charge < -0.3 is 10.6 Å². The van der Waals surface area contributed by atoms with Gasteiger partial charge in [0.1, 0.15) is 0 Å². The molecule has 1 aromatic rings. The molecule has 2 fully saturated rings. The molecule has 1 spiro atoms. The summed E-state index contributed by atoms with van der Waals surface area (Å²) in [5.74, 6) is 1.04. The number of hydrogen-bond acceptors (Lipinski definition) is 2. The number of halogens is 1. The van der Waals surface area contributed by atoms with E-state index in [1.165, 1.54) is 11.1 Å². The van der Waals surface area contributed by atoms with Crippen molar-refractivity contribution in [3.05, 3.63) is 35.4 Å². The molecule has 4 heteroatoms. The maximum Gasteiger partial charge on any atom is 0.224 e. The summed E-state index contributed by atoms with van der Waals surface area (Å²) in [6.07, 6.45) is 3.39. The number of benzene rings is 1. The first-order valence-corrected chi connectivity index (χ1v) is 8.63. The number of hydrogen-bond donors (Lipinski definition) is 2. The van der Waals surface area contributed by atoms with Crippen LogP contribution in [0.3, 0.4) is 0 Å². The molecule has 3 nitrogen and oxygen atoms in total. The van der Waals surface area contributed by atoms with Crippen LogP contribution in [0.5, 0.6) is 0 Å². The van der Waals surface area contributed by atoms with E-state index < -0.39 is 0 Å². The number of carbonyl (C=O) groups is 1. The van der Waals surface area contributed by atoms with E-state index in [9.17, 15) is 4.79 Å². The number of nitrogens with one attached hydrogen (secondary N) is 2. The summed E-state index contributed by atoms with van der Waals surface area (Å²) < 4.78 is 0. The summed E-state index contributed by atoms with van der Waals surface area (Å²) in [7, 11) is 0. The van der Waals surface area contributed by atoms with Gasteiger partial charge in [-0.1, -0.05) is 38.1 Å². The number of rotatable bonds is 4. The number of carbonyl (C=O) groups excluding carboxylic acids is 1. The lowest BCUT2D eigenvalue weighted by Gasteiger charge is -2.24. The van der Waals surface area contributed by atoms with Crippen molar-refractivity contribution in [3.63, 3.8) is 0 Å². The molecule has 2 N–H and O–H groups in total. The fourth-order valence-electron chi connectivity index (χ4n) is 3.76. The maximum absolute atomic E-state index is 12.5. The predicted octanol–water partition coefficient (Wildman–Crippen LogP) is 3.80. The highest BCUT2D eigenvalue weighted by molar-refractivity contribution is 5.85. The molecule has 1 aliphatic heterocycles. The molecule has 2 aliphatic rings. The molecular weight excluding hydrogens is 308 g/mol. The molecule has 1 saturated carbocycles. The van der Waals surface area contributed by atoms with Crippen molar-refractivity contribution in [3.8, 4) is 0 Å². The molecule has 1 aliphatic carbocycles. The van der Waals surface area contributed by atoms with E-state index in [4.69, 9.17) is 0 Å². The Balaban J connectivity index is 0.00000192. The molecular formula is C19H29ClN2O. The lowest BCUT2D eigenvalue weighted by atomic mass is 9.91. The first-order valence-electron chi connectivity index (χ1n) is 8.63. The van der Waals surface area contributed by atoms with Crippen molar-refractivity contribution in [2.24, 2.45) is 11.3 Å². The van der Waals surface area contributed by atoms with Gasteiger partial charge in [-0.2, -0.15) is 0 Å². The Morgan fingerprint density at radius 3 is 2.26 bits per heavy atom. The fraction of sp³-hybridized carbons (Fsp3) is 0.632. The highest BCUT2D eigenvalue weighted by atomic mass is 35.5. The Morgan fingerprint density at radius 1 is 1.13 bits per heavy atom. The molecule has 1 aromatic carbocycles. The van der Waals surface area contributed by atoms with Crippen LogP contribution in [0.4, 0.5) is 0 Å². The normalized spacial score (nSPS) is 23.2. The molecule has 0 radical (unpaired) electrons. The fourth-order valence-corrected chi connectivity index (χ4v) is 3.76. The smallest absolute Gasteiger partial charge is 0.224 e. The van der Waals surface area contributed by atoms with Gasteiger partial charge in [0.15, 0.2) is 0 Å². The van der Waals surface area contributed by atoms with Gasteiger partial charge >= 0.3 is 0 Å². The summed E-state index contributed by atoms with van der Waals surface area (Å²) in [5, 5.41) is 6.61. The van der Waals surface area contributed by atoms with E-state index in [-0.39, 0.29) is 30.3 Å². The van der Waals surface area contributed by atoms with Crippen molar-refractivity contribution < 1.29 is 4.79 Å². The van der Waals surface area contributed by atoms with Gasteiger partial charge in [-0.15, -0.1) is 12.4 Å². The maximum atomic E-state index is 12.5. The second-order valence-corrected chi connectivity index (χ2v) is 7.42. The van der Waals surface area contributed by atoms with Gasteiger partial charge in [0.25, 0.3) is 0 Å². The molecule has 1 heterocycles. The van der Waals surface area contributed by atoms with Crippen LogP contribution < -0.4 is 10.6 Å². The zero-order valence-electron chi connectivity index (χ0n) is 14.4. The van der Waals surface area contributed by atoms with Crippen LogP contribution in [-0.4, -0.2) is 19.0 Å². The van der Waals surface area contributed by atoms with E-state index in [0.29, 0.717) is 11.3 Å². The van der Waals surface area contributed by atoms with E-state index in [0.717, 1.165) is 32.4 Å². The van der Waals surface area contributed by atoms with Crippen LogP contribution in [0.15, 0.2) is 24.3 Å². The molecule has 1 amide bonds. The van der Waals surface area contributed by atoms with E-state index in [2.05, 4.69) is 55.7 Å². The third-order valence-corrected chi connectivity index (χ3v) is 5.57. The first kappa shape index (κ1) is 18.3. The predicted molar refractivity (Wildman–Crippen MR) is 97.0 cm³/mol. The highest BCUT2D eigenvalue weighted by Crippen LogP contribution is 2.58. The van der Waals surface area contributed by atoms with Crippen molar-refractivity contribution in [1.29, 1.82) is 0 Å². The lowest BCUT2D eigenvalue weighted by Crippen LogP contribution is -2.34. The van der Waals surface area contributed by atoms with Crippen LogP contribution >= 0.6 is 12.4 Å². The number of piperidine rings is 1. The molecule has 23 heavy (non-hydrogen) atoms.